The van der Waals surface area contributed by atoms with Crippen LogP contribution in [-0.2, 0) is 4.79 Å². The summed E-state index contributed by atoms with van der Waals surface area (Å²) in [5.41, 5.74) is 1.07. The van der Waals surface area contributed by atoms with Crippen molar-refractivity contribution in [3.05, 3.63) is 34.9 Å². The second-order valence-corrected chi connectivity index (χ2v) is 6.50. The van der Waals surface area contributed by atoms with Crippen LogP contribution in [0.1, 0.15) is 25.5 Å². The normalized spacial score (nSPS) is 13.8. The van der Waals surface area contributed by atoms with Crippen molar-refractivity contribution in [3.8, 4) is 0 Å². The van der Waals surface area contributed by atoms with Gasteiger partial charge in [0.2, 0.25) is 5.91 Å². The van der Waals surface area contributed by atoms with Crippen LogP contribution in [0.3, 0.4) is 0 Å². The lowest BCUT2D eigenvalue weighted by Gasteiger charge is -2.25. The lowest BCUT2D eigenvalue weighted by Crippen LogP contribution is -2.31. The number of rotatable bonds is 7. The molecule has 0 saturated carbocycles. The van der Waals surface area contributed by atoms with Crippen LogP contribution in [0.2, 0.25) is 5.02 Å². The number of hydrogen-bond donors (Lipinski definition) is 1. The Morgan fingerprint density at radius 1 is 1.35 bits per heavy atom. The number of hydrogen-bond acceptors (Lipinski definition) is 3. The maximum atomic E-state index is 12.1. The molecule has 0 spiro atoms. The average molecular weight is 316 g/mol. The average Bonchev–Trinajstić information content (AvgIpc) is 2.46. The second kappa shape index (κ2) is 8.55. The Kier molecular flexibility index (Phi) is 7.41. The number of amides is 1. The molecule has 3 nitrogen and oxygen atoms in total. The summed E-state index contributed by atoms with van der Waals surface area (Å²) in [6.07, 6.45) is 0. The molecule has 2 unspecified atom stereocenters. The molecule has 1 aromatic rings. The molecule has 0 saturated heterocycles. The predicted octanol–water partition coefficient (Wildman–Crippen LogP) is 3.22. The van der Waals surface area contributed by atoms with Gasteiger partial charge in [-0.15, -0.1) is 0 Å². The molecule has 1 N–H and O–H groups in total. The van der Waals surface area contributed by atoms with Crippen molar-refractivity contribution in [2.45, 2.75) is 19.9 Å². The van der Waals surface area contributed by atoms with Crippen LogP contribution in [0, 0.1) is 5.92 Å². The summed E-state index contributed by atoms with van der Waals surface area (Å²) in [7, 11) is 1.82. The van der Waals surface area contributed by atoms with E-state index >= 15 is 0 Å². The lowest BCUT2D eigenvalue weighted by molar-refractivity contribution is -0.128. The van der Waals surface area contributed by atoms with Crippen LogP contribution in [0.25, 0.3) is 0 Å². The molecule has 1 rings (SSSR count). The van der Waals surface area contributed by atoms with Crippen molar-refractivity contribution in [2.75, 3.05) is 25.2 Å². The van der Waals surface area contributed by atoms with Crippen molar-refractivity contribution < 1.29 is 9.90 Å². The zero-order valence-corrected chi connectivity index (χ0v) is 13.7. The number of halogens is 1. The summed E-state index contributed by atoms with van der Waals surface area (Å²) in [6.45, 7) is 4.14. The molecule has 2 atom stereocenters. The molecule has 0 aliphatic heterocycles. The summed E-state index contributed by atoms with van der Waals surface area (Å²) >= 11 is 7.43. The van der Waals surface area contributed by atoms with Crippen LogP contribution in [0.4, 0.5) is 0 Å². The van der Waals surface area contributed by atoms with E-state index in [0.29, 0.717) is 10.8 Å². The first-order valence-corrected chi connectivity index (χ1v) is 8.18. The van der Waals surface area contributed by atoms with E-state index in [1.54, 1.807) is 16.7 Å². The first-order chi connectivity index (χ1) is 9.45. The Morgan fingerprint density at radius 3 is 2.50 bits per heavy atom. The topological polar surface area (TPSA) is 40.5 Å². The highest BCUT2D eigenvalue weighted by Gasteiger charge is 2.17. The van der Waals surface area contributed by atoms with Gasteiger partial charge in [0.25, 0.3) is 0 Å². The second-order valence-electron chi connectivity index (χ2n) is 5.04. The minimum absolute atomic E-state index is 0.0237. The van der Waals surface area contributed by atoms with Gasteiger partial charge in [-0.25, -0.2) is 0 Å². The first kappa shape index (κ1) is 17.3. The predicted molar refractivity (Wildman–Crippen MR) is 86.2 cm³/mol. The monoisotopic (exact) mass is 315 g/mol. The van der Waals surface area contributed by atoms with Gasteiger partial charge < -0.3 is 10.0 Å². The summed E-state index contributed by atoms with van der Waals surface area (Å²) in [4.78, 5) is 13.9. The molecule has 0 aliphatic rings. The highest BCUT2D eigenvalue weighted by molar-refractivity contribution is 7.99. The standard InChI is InChI=1S/C15H22ClNO2S/c1-11(8-18)9-20-10-15(19)17(3)12(2)13-4-6-14(16)7-5-13/h4-7,11-12,18H,8-10H2,1-3H3. The van der Waals surface area contributed by atoms with Gasteiger partial charge >= 0.3 is 0 Å². The third kappa shape index (κ3) is 5.35. The number of carbonyl (C=O) groups excluding carboxylic acids is 1. The van der Waals surface area contributed by atoms with Crippen LogP contribution < -0.4 is 0 Å². The Morgan fingerprint density at radius 2 is 1.95 bits per heavy atom. The van der Waals surface area contributed by atoms with Gasteiger partial charge in [-0.1, -0.05) is 30.7 Å². The minimum atomic E-state index is 0.0237. The van der Waals surface area contributed by atoms with Gasteiger partial charge in [0.15, 0.2) is 0 Å². The molecular weight excluding hydrogens is 294 g/mol. The Labute approximate surface area is 130 Å². The summed E-state index contributed by atoms with van der Waals surface area (Å²) < 4.78 is 0. The Hall–Kier alpha value is -0.710. The molecule has 0 fully saturated rings. The van der Waals surface area contributed by atoms with Crippen LogP contribution in [0.15, 0.2) is 24.3 Å². The minimum Gasteiger partial charge on any atom is -0.396 e. The lowest BCUT2D eigenvalue weighted by atomic mass is 10.1. The fourth-order valence-corrected chi connectivity index (χ4v) is 2.81. The fraction of sp³-hybridized carbons (Fsp3) is 0.533. The highest BCUT2D eigenvalue weighted by atomic mass is 35.5. The van der Waals surface area contributed by atoms with Gasteiger partial charge in [0.05, 0.1) is 11.8 Å². The van der Waals surface area contributed by atoms with E-state index in [0.717, 1.165) is 11.3 Å². The van der Waals surface area contributed by atoms with E-state index in [1.165, 1.54) is 0 Å². The first-order valence-electron chi connectivity index (χ1n) is 6.65. The van der Waals surface area contributed by atoms with Gasteiger partial charge in [-0.05, 0) is 36.3 Å². The molecule has 5 heteroatoms. The maximum Gasteiger partial charge on any atom is 0.232 e. The van der Waals surface area contributed by atoms with E-state index in [9.17, 15) is 4.79 Å². The molecule has 0 radical (unpaired) electrons. The quantitative estimate of drug-likeness (QED) is 0.840. The largest absolute Gasteiger partial charge is 0.396 e. The fourth-order valence-electron chi connectivity index (χ4n) is 1.68. The zero-order valence-electron chi connectivity index (χ0n) is 12.2. The number of thioether (sulfide) groups is 1. The third-order valence-corrected chi connectivity index (χ3v) is 4.77. The summed E-state index contributed by atoms with van der Waals surface area (Å²) in [6, 6.07) is 7.58. The number of aliphatic hydroxyl groups is 1. The van der Waals surface area contributed by atoms with E-state index in [-0.39, 0.29) is 24.5 Å². The van der Waals surface area contributed by atoms with Gasteiger partial charge in [-0.3, -0.25) is 4.79 Å². The maximum absolute atomic E-state index is 12.1. The van der Waals surface area contributed by atoms with E-state index < -0.39 is 0 Å². The van der Waals surface area contributed by atoms with Crippen LogP contribution >= 0.6 is 23.4 Å². The smallest absolute Gasteiger partial charge is 0.232 e. The molecule has 0 heterocycles. The van der Waals surface area contributed by atoms with E-state index in [4.69, 9.17) is 16.7 Å². The Bertz CT molecular complexity index is 424. The van der Waals surface area contributed by atoms with Crippen molar-refractivity contribution in [3.63, 3.8) is 0 Å². The van der Waals surface area contributed by atoms with Crippen molar-refractivity contribution >= 4 is 29.3 Å². The van der Waals surface area contributed by atoms with Crippen LogP contribution in [-0.4, -0.2) is 41.1 Å². The molecule has 20 heavy (non-hydrogen) atoms. The molecule has 1 aromatic carbocycles. The number of aliphatic hydroxyl groups excluding tert-OH is 1. The van der Waals surface area contributed by atoms with E-state index in [2.05, 4.69) is 0 Å². The van der Waals surface area contributed by atoms with Crippen molar-refractivity contribution in [1.29, 1.82) is 0 Å². The van der Waals surface area contributed by atoms with Crippen molar-refractivity contribution in [2.24, 2.45) is 5.92 Å². The molecule has 112 valence electrons. The Balaban J connectivity index is 2.49. The molecule has 1 amide bonds. The third-order valence-electron chi connectivity index (χ3n) is 3.27. The highest BCUT2D eigenvalue weighted by Crippen LogP contribution is 2.21. The number of benzene rings is 1. The van der Waals surface area contributed by atoms with Gasteiger partial charge in [0.1, 0.15) is 0 Å². The molecule has 0 aromatic heterocycles. The summed E-state index contributed by atoms with van der Waals surface area (Å²) in [5.74, 6) is 1.57. The molecule has 0 aliphatic carbocycles. The SMILES string of the molecule is CC(CO)CSCC(=O)N(C)C(C)c1ccc(Cl)cc1. The zero-order chi connectivity index (χ0) is 15.1. The van der Waals surface area contributed by atoms with E-state index in [1.807, 2.05) is 45.2 Å². The van der Waals surface area contributed by atoms with Crippen molar-refractivity contribution in [1.82, 2.24) is 4.90 Å². The molecular formula is C15H22ClNO2S. The number of carbonyl (C=O) groups is 1. The summed E-state index contributed by atoms with van der Waals surface area (Å²) in [5, 5.41) is 9.65. The van der Waals surface area contributed by atoms with Gasteiger partial charge in [0, 0.05) is 18.7 Å². The van der Waals surface area contributed by atoms with Gasteiger partial charge in [-0.2, -0.15) is 11.8 Å². The van der Waals surface area contributed by atoms with Crippen LogP contribution in [0.5, 0.6) is 0 Å². The molecule has 0 bridgehead atoms. The number of nitrogens with zero attached hydrogens (tertiary/aromatic N) is 1.